The Hall–Kier alpha value is -2.01. The van der Waals surface area contributed by atoms with E-state index in [0.717, 1.165) is 6.08 Å². The highest BCUT2D eigenvalue weighted by Crippen LogP contribution is 2.26. The molecule has 1 unspecified atom stereocenters. The number of carboxylic acid groups (broad SMARTS) is 1. The number of nitrogens with two attached hydrogens (primary N) is 1. The number of hydrogen-bond acceptors (Lipinski definition) is 3. The fourth-order valence-corrected chi connectivity index (χ4v) is 1.45. The molecule has 1 atom stereocenters. The van der Waals surface area contributed by atoms with Crippen molar-refractivity contribution in [3.05, 3.63) is 34.9 Å². The molecular formula is C13H14ClNO4. The lowest BCUT2D eigenvalue weighted by Crippen LogP contribution is -2.25. The maximum absolute atomic E-state index is 10.9. The van der Waals surface area contributed by atoms with Gasteiger partial charge in [-0.15, -0.1) is 0 Å². The van der Waals surface area contributed by atoms with Crippen LogP contribution in [-0.2, 0) is 9.59 Å². The first-order valence-electron chi connectivity index (χ1n) is 5.53. The summed E-state index contributed by atoms with van der Waals surface area (Å²) in [5.41, 5.74) is 5.75. The van der Waals surface area contributed by atoms with Crippen LogP contribution in [0.25, 0.3) is 6.08 Å². The number of carboxylic acids is 1. The third-order valence-electron chi connectivity index (χ3n) is 2.35. The number of ether oxygens (including phenoxy) is 1. The van der Waals surface area contributed by atoms with Gasteiger partial charge in [0.15, 0.2) is 0 Å². The summed E-state index contributed by atoms with van der Waals surface area (Å²) < 4.78 is 5.37. The summed E-state index contributed by atoms with van der Waals surface area (Å²) in [4.78, 5) is 21.2. The van der Waals surface area contributed by atoms with Gasteiger partial charge in [-0.1, -0.05) is 24.6 Å². The molecule has 1 rings (SSSR count). The van der Waals surface area contributed by atoms with Gasteiger partial charge < -0.3 is 15.6 Å². The predicted molar refractivity (Wildman–Crippen MR) is 72.0 cm³/mol. The summed E-state index contributed by atoms with van der Waals surface area (Å²) in [6, 6.07) is 4.85. The van der Waals surface area contributed by atoms with Crippen LogP contribution in [0.15, 0.2) is 24.3 Å². The van der Waals surface area contributed by atoms with Crippen molar-refractivity contribution in [2.75, 3.05) is 6.61 Å². The SMILES string of the molecule is CC(COc1ccc(C=CC(=O)O)cc1Cl)C(N)=O. The molecule has 0 aliphatic carbocycles. The Morgan fingerprint density at radius 1 is 1.53 bits per heavy atom. The summed E-state index contributed by atoms with van der Waals surface area (Å²) in [7, 11) is 0. The summed E-state index contributed by atoms with van der Waals surface area (Å²) in [5, 5.41) is 8.84. The molecule has 1 aromatic carbocycles. The number of carbonyl (C=O) groups is 2. The van der Waals surface area contributed by atoms with Crippen LogP contribution in [0, 0.1) is 5.92 Å². The topological polar surface area (TPSA) is 89.6 Å². The van der Waals surface area contributed by atoms with Gasteiger partial charge in [0.05, 0.1) is 17.5 Å². The van der Waals surface area contributed by atoms with Crippen molar-refractivity contribution in [3.63, 3.8) is 0 Å². The molecule has 1 amide bonds. The van der Waals surface area contributed by atoms with Gasteiger partial charge in [0, 0.05) is 6.08 Å². The molecule has 0 saturated carbocycles. The molecule has 5 nitrogen and oxygen atoms in total. The predicted octanol–water partition coefficient (Wildman–Crippen LogP) is 1.94. The van der Waals surface area contributed by atoms with Gasteiger partial charge >= 0.3 is 5.97 Å². The van der Waals surface area contributed by atoms with Gasteiger partial charge in [-0.05, 0) is 23.8 Å². The molecule has 0 aliphatic rings. The standard InChI is InChI=1S/C13H14ClNO4/c1-8(13(15)18)7-19-11-4-2-9(6-10(11)14)3-5-12(16)17/h2-6,8H,7H2,1H3,(H2,15,18)(H,16,17). The van der Waals surface area contributed by atoms with E-state index in [1.54, 1.807) is 25.1 Å². The molecule has 1 aromatic rings. The van der Waals surface area contributed by atoms with Gasteiger partial charge in [-0.25, -0.2) is 4.79 Å². The van der Waals surface area contributed by atoms with Crippen LogP contribution < -0.4 is 10.5 Å². The number of amides is 1. The second-order valence-electron chi connectivity index (χ2n) is 3.98. The van der Waals surface area contributed by atoms with Crippen LogP contribution in [0.1, 0.15) is 12.5 Å². The normalized spacial score (nSPS) is 12.3. The highest BCUT2D eigenvalue weighted by atomic mass is 35.5. The van der Waals surface area contributed by atoms with Crippen LogP contribution in [0.3, 0.4) is 0 Å². The second-order valence-corrected chi connectivity index (χ2v) is 4.38. The Kier molecular flexibility index (Phi) is 5.38. The minimum absolute atomic E-state index is 0.138. The zero-order valence-corrected chi connectivity index (χ0v) is 11.1. The minimum Gasteiger partial charge on any atom is -0.491 e. The van der Waals surface area contributed by atoms with Gasteiger partial charge in [0.1, 0.15) is 5.75 Å². The van der Waals surface area contributed by atoms with Crippen molar-refractivity contribution < 1.29 is 19.4 Å². The Labute approximate surface area is 115 Å². The van der Waals surface area contributed by atoms with Gasteiger partial charge in [0.2, 0.25) is 5.91 Å². The third kappa shape index (κ3) is 5.01. The highest BCUT2D eigenvalue weighted by Gasteiger charge is 2.10. The van der Waals surface area contributed by atoms with Crippen LogP contribution in [0.4, 0.5) is 0 Å². The van der Waals surface area contributed by atoms with E-state index in [0.29, 0.717) is 16.3 Å². The fraction of sp³-hybridized carbons (Fsp3) is 0.231. The lowest BCUT2D eigenvalue weighted by Gasteiger charge is -2.11. The largest absolute Gasteiger partial charge is 0.491 e. The molecular weight excluding hydrogens is 270 g/mol. The molecule has 0 fully saturated rings. The van der Waals surface area contributed by atoms with Crippen LogP contribution >= 0.6 is 11.6 Å². The quantitative estimate of drug-likeness (QED) is 0.781. The fourth-order valence-electron chi connectivity index (χ4n) is 1.20. The number of hydrogen-bond donors (Lipinski definition) is 2. The second kappa shape index (κ2) is 6.80. The number of benzene rings is 1. The summed E-state index contributed by atoms with van der Waals surface area (Å²) in [5.74, 6) is -1.48. The number of aliphatic carboxylic acids is 1. The van der Waals surface area contributed by atoms with Crippen molar-refractivity contribution >= 4 is 29.6 Å². The molecule has 19 heavy (non-hydrogen) atoms. The van der Waals surface area contributed by atoms with Crippen LogP contribution in [0.5, 0.6) is 5.75 Å². The molecule has 0 aromatic heterocycles. The number of carbonyl (C=O) groups excluding carboxylic acids is 1. The van der Waals surface area contributed by atoms with E-state index in [-0.39, 0.29) is 6.61 Å². The van der Waals surface area contributed by atoms with E-state index >= 15 is 0 Å². The van der Waals surface area contributed by atoms with E-state index in [2.05, 4.69) is 0 Å². The van der Waals surface area contributed by atoms with Gasteiger partial charge in [-0.2, -0.15) is 0 Å². The van der Waals surface area contributed by atoms with Crippen molar-refractivity contribution in [2.24, 2.45) is 11.7 Å². The number of halogens is 1. The Bertz CT molecular complexity index is 513. The zero-order chi connectivity index (χ0) is 14.4. The lowest BCUT2D eigenvalue weighted by atomic mass is 10.2. The van der Waals surface area contributed by atoms with Crippen molar-refractivity contribution in [1.82, 2.24) is 0 Å². The Balaban J connectivity index is 2.72. The van der Waals surface area contributed by atoms with Crippen LogP contribution in [0.2, 0.25) is 5.02 Å². The van der Waals surface area contributed by atoms with E-state index in [1.165, 1.54) is 6.08 Å². The Morgan fingerprint density at radius 2 is 2.21 bits per heavy atom. The van der Waals surface area contributed by atoms with Crippen LogP contribution in [-0.4, -0.2) is 23.6 Å². The molecule has 0 heterocycles. The number of rotatable bonds is 6. The van der Waals surface area contributed by atoms with Crippen molar-refractivity contribution in [3.8, 4) is 5.75 Å². The van der Waals surface area contributed by atoms with E-state index in [4.69, 9.17) is 27.2 Å². The first-order chi connectivity index (χ1) is 8.90. The molecule has 0 spiro atoms. The molecule has 0 aliphatic heterocycles. The molecule has 0 bridgehead atoms. The van der Waals surface area contributed by atoms with Gasteiger partial charge in [-0.3, -0.25) is 4.79 Å². The van der Waals surface area contributed by atoms with E-state index in [9.17, 15) is 9.59 Å². The molecule has 0 radical (unpaired) electrons. The van der Waals surface area contributed by atoms with Crippen molar-refractivity contribution in [2.45, 2.75) is 6.92 Å². The highest BCUT2D eigenvalue weighted by molar-refractivity contribution is 6.32. The average Bonchev–Trinajstić information content (AvgIpc) is 2.34. The van der Waals surface area contributed by atoms with Gasteiger partial charge in [0.25, 0.3) is 0 Å². The molecule has 102 valence electrons. The monoisotopic (exact) mass is 283 g/mol. The lowest BCUT2D eigenvalue weighted by molar-refractivity contribution is -0.131. The smallest absolute Gasteiger partial charge is 0.328 e. The maximum atomic E-state index is 10.9. The third-order valence-corrected chi connectivity index (χ3v) is 2.64. The number of primary amides is 1. The first kappa shape index (κ1) is 15.0. The van der Waals surface area contributed by atoms with E-state index in [1.807, 2.05) is 0 Å². The minimum atomic E-state index is -1.04. The summed E-state index contributed by atoms with van der Waals surface area (Å²) in [6.45, 7) is 1.79. The molecule has 0 saturated heterocycles. The maximum Gasteiger partial charge on any atom is 0.328 e. The Morgan fingerprint density at radius 3 is 2.74 bits per heavy atom. The first-order valence-corrected chi connectivity index (χ1v) is 5.90. The van der Waals surface area contributed by atoms with E-state index < -0.39 is 17.8 Å². The molecule has 6 heteroatoms. The summed E-state index contributed by atoms with van der Waals surface area (Å²) >= 11 is 5.99. The average molecular weight is 284 g/mol. The summed E-state index contributed by atoms with van der Waals surface area (Å²) in [6.07, 6.45) is 2.44. The molecule has 3 N–H and O–H groups in total. The zero-order valence-electron chi connectivity index (χ0n) is 10.3. The van der Waals surface area contributed by atoms with Crippen molar-refractivity contribution in [1.29, 1.82) is 0 Å².